The SMILES string of the molecule is CC1C=CC(C)(C2(C)CC=CC=C2c2cc(-c3cccc(-c4ccc(C5=NC(C6=CC=CC(C)C6)N(C)C(C6=CC=CCC6C)=N5)cc4)c3)c3cc4c(cc3n2)C(C)(C)c2ccccc2-4)CC1. The molecule has 5 aliphatic carbocycles. The highest BCUT2D eigenvalue weighted by molar-refractivity contribution is 6.13. The average Bonchev–Trinajstić information content (AvgIpc) is 3.56. The summed E-state index contributed by atoms with van der Waals surface area (Å²) in [5, 5.41) is 1.19. The van der Waals surface area contributed by atoms with E-state index in [2.05, 4.69) is 218 Å². The molecule has 6 atom stereocenters. The molecular weight excluding hydrogens is 813 g/mol. The number of rotatable bonds is 7. The number of aliphatic imine (C=N–C) groups is 2. The molecule has 1 aromatic heterocycles. The molecule has 0 saturated heterocycles. The summed E-state index contributed by atoms with van der Waals surface area (Å²) in [4.78, 5) is 18.7. The number of amidine groups is 2. The van der Waals surface area contributed by atoms with Crippen molar-refractivity contribution in [2.45, 2.75) is 92.2 Å². The van der Waals surface area contributed by atoms with Crippen LogP contribution in [0.1, 0.15) is 103 Å². The van der Waals surface area contributed by atoms with Gasteiger partial charge in [-0.05, 0) is 141 Å². The predicted molar refractivity (Wildman–Crippen MR) is 283 cm³/mol. The van der Waals surface area contributed by atoms with E-state index in [9.17, 15) is 0 Å². The molecule has 4 aromatic carbocycles. The molecule has 1 aliphatic heterocycles. The summed E-state index contributed by atoms with van der Waals surface area (Å²) >= 11 is 0. The van der Waals surface area contributed by atoms with Gasteiger partial charge in [0.25, 0.3) is 0 Å². The van der Waals surface area contributed by atoms with E-state index >= 15 is 0 Å². The van der Waals surface area contributed by atoms with Crippen molar-refractivity contribution in [3.8, 4) is 33.4 Å². The zero-order valence-electron chi connectivity index (χ0n) is 40.6. The van der Waals surface area contributed by atoms with Crippen molar-refractivity contribution in [2.75, 3.05) is 7.05 Å². The molecule has 0 amide bonds. The number of hydrogen-bond acceptors (Lipinski definition) is 4. The van der Waals surface area contributed by atoms with Crippen LogP contribution in [-0.2, 0) is 5.41 Å². The highest BCUT2D eigenvalue weighted by Gasteiger charge is 2.47. The highest BCUT2D eigenvalue weighted by atomic mass is 15.3. The molecule has 0 fully saturated rings. The molecule has 0 spiro atoms. The summed E-state index contributed by atoms with van der Waals surface area (Å²) in [6, 6.07) is 34.3. The lowest BCUT2D eigenvalue weighted by molar-refractivity contribution is 0.161. The van der Waals surface area contributed by atoms with Gasteiger partial charge in [0.05, 0.1) is 11.2 Å². The Morgan fingerprint density at radius 3 is 2.25 bits per heavy atom. The van der Waals surface area contributed by atoms with E-state index in [4.69, 9.17) is 15.0 Å². The number of fused-ring (bicyclic) bond motifs is 4. The van der Waals surface area contributed by atoms with Gasteiger partial charge in [0.2, 0.25) is 0 Å². The molecule has 0 radical (unpaired) electrons. The number of allylic oxidation sites excluding steroid dienone is 12. The lowest BCUT2D eigenvalue weighted by Gasteiger charge is -2.49. The van der Waals surface area contributed by atoms with Gasteiger partial charge in [0, 0.05) is 28.8 Å². The van der Waals surface area contributed by atoms with Crippen molar-refractivity contribution >= 4 is 28.1 Å². The van der Waals surface area contributed by atoms with E-state index in [0.717, 1.165) is 59.7 Å². The summed E-state index contributed by atoms with van der Waals surface area (Å²) in [7, 11) is 2.16. The maximum absolute atomic E-state index is 5.68. The quantitative estimate of drug-likeness (QED) is 0.153. The molecule has 4 heteroatoms. The van der Waals surface area contributed by atoms with E-state index in [-0.39, 0.29) is 22.4 Å². The number of hydrogen-bond donors (Lipinski definition) is 0. The molecule has 67 heavy (non-hydrogen) atoms. The fourth-order valence-electron chi connectivity index (χ4n) is 12.1. The number of nitrogens with zero attached hydrogens (tertiary/aromatic N) is 4. The first-order valence-electron chi connectivity index (χ1n) is 24.8. The molecule has 2 heterocycles. The largest absolute Gasteiger partial charge is 0.334 e. The molecule has 0 N–H and O–H groups in total. The summed E-state index contributed by atoms with van der Waals surface area (Å²) in [5.74, 6) is 3.30. The Bertz CT molecular complexity index is 3120. The normalized spacial score (nSPS) is 27.2. The minimum Gasteiger partial charge on any atom is -0.334 e. The maximum atomic E-state index is 5.68. The predicted octanol–water partition coefficient (Wildman–Crippen LogP) is 15.7. The second-order valence-corrected chi connectivity index (χ2v) is 21.5. The van der Waals surface area contributed by atoms with Crippen LogP contribution in [0.3, 0.4) is 0 Å². The third kappa shape index (κ3) is 7.30. The second-order valence-electron chi connectivity index (χ2n) is 21.5. The summed E-state index contributed by atoms with van der Waals surface area (Å²) in [6.45, 7) is 16.6. The van der Waals surface area contributed by atoms with Crippen LogP contribution in [0, 0.1) is 28.6 Å². The first kappa shape index (κ1) is 43.2. The fourth-order valence-corrected chi connectivity index (χ4v) is 12.1. The Morgan fingerprint density at radius 1 is 0.672 bits per heavy atom. The lowest BCUT2D eigenvalue weighted by atomic mass is 9.54. The minimum absolute atomic E-state index is 0.0133. The molecule has 0 bridgehead atoms. The van der Waals surface area contributed by atoms with Crippen molar-refractivity contribution in [3.05, 3.63) is 191 Å². The average molecular weight is 877 g/mol. The Hall–Kier alpha value is -6.39. The summed E-state index contributed by atoms with van der Waals surface area (Å²) < 4.78 is 0. The molecule has 11 rings (SSSR count). The van der Waals surface area contributed by atoms with Crippen molar-refractivity contribution in [1.82, 2.24) is 9.88 Å². The molecule has 6 aliphatic rings. The maximum Gasteiger partial charge on any atom is 0.159 e. The number of benzene rings is 4. The van der Waals surface area contributed by atoms with Crippen molar-refractivity contribution in [2.24, 2.45) is 38.6 Å². The van der Waals surface area contributed by atoms with Gasteiger partial charge in [0.1, 0.15) is 12.0 Å². The Kier molecular flexibility index (Phi) is 10.6. The molecule has 336 valence electrons. The van der Waals surface area contributed by atoms with Gasteiger partial charge in [0.15, 0.2) is 5.84 Å². The van der Waals surface area contributed by atoms with Crippen LogP contribution >= 0.6 is 0 Å². The Labute approximate surface area is 398 Å². The van der Waals surface area contributed by atoms with Crippen LogP contribution in [0.5, 0.6) is 0 Å². The van der Waals surface area contributed by atoms with Crippen LogP contribution in [0.25, 0.3) is 49.9 Å². The first-order valence-corrected chi connectivity index (χ1v) is 24.8. The summed E-state index contributed by atoms with van der Waals surface area (Å²) in [6.07, 6.45) is 30.7. The second kappa shape index (κ2) is 16.4. The van der Waals surface area contributed by atoms with Gasteiger partial charge in [-0.1, -0.05) is 182 Å². The molecular formula is C63H64N4. The van der Waals surface area contributed by atoms with E-state index < -0.39 is 0 Å². The Balaban J connectivity index is 1.02. The molecule has 6 unspecified atom stereocenters. The van der Waals surface area contributed by atoms with Crippen molar-refractivity contribution in [1.29, 1.82) is 0 Å². The van der Waals surface area contributed by atoms with Crippen LogP contribution in [-0.4, -0.2) is 34.8 Å². The van der Waals surface area contributed by atoms with Gasteiger partial charge in [-0.2, -0.15) is 0 Å². The van der Waals surface area contributed by atoms with Gasteiger partial charge in [-0.15, -0.1) is 0 Å². The molecule has 4 nitrogen and oxygen atoms in total. The van der Waals surface area contributed by atoms with E-state index in [1.807, 2.05) is 0 Å². The van der Waals surface area contributed by atoms with Crippen molar-refractivity contribution < 1.29 is 0 Å². The number of likely N-dealkylation sites (N-methyl/N-ethyl adjacent to an activating group) is 1. The molecule has 0 saturated carbocycles. The number of pyridine rings is 1. The van der Waals surface area contributed by atoms with E-state index in [1.54, 1.807) is 0 Å². The molecule has 5 aromatic rings. The number of aromatic nitrogens is 1. The first-order chi connectivity index (χ1) is 32.3. The standard InChI is InChI=1S/C63H64N4/c1-40-30-33-62(6,34-31-40)63(7)32-14-13-25-54(63)57-38-50(52-37-51-49-23-11-12-24-53(49)61(4,5)55(51)39-56(52)64-57)46-20-16-19-45(36-46)43-26-28-44(29-27-43)58-65-59(47-21-15-17-41(2)35-47)67(8)60(66-58)48-22-10-9-18-42(48)3/h9-17,19-30,33,36-42,59H,18,31-32,34-35H2,1-8H3. The zero-order valence-corrected chi connectivity index (χ0v) is 40.6. The fraction of sp³-hybridized carbons (Fsp3) is 0.317. The van der Waals surface area contributed by atoms with E-state index in [1.165, 1.54) is 67.5 Å². The third-order valence-corrected chi connectivity index (χ3v) is 16.6. The van der Waals surface area contributed by atoms with Crippen LogP contribution in [0.15, 0.2) is 179 Å². The van der Waals surface area contributed by atoms with Gasteiger partial charge >= 0.3 is 0 Å². The monoisotopic (exact) mass is 877 g/mol. The lowest BCUT2D eigenvalue weighted by Crippen LogP contribution is -2.43. The van der Waals surface area contributed by atoms with Gasteiger partial charge in [-0.25, -0.2) is 15.0 Å². The smallest absolute Gasteiger partial charge is 0.159 e. The van der Waals surface area contributed by atoms with Crippen LogP contribution in [0.2, 0.25) is 0 Å². The van der Waals surface area contributed by atoms with Crippen LogP contribution < -0.4 is 0 Å². The Morgan fingerprint density at radius 2 is 1.46 bits per heavy atom. The van der Waals surface area contributed by atoms with Crippen LogP contribution in [0.4, 0.5) is 0 Å². The topological polar surface area (TPSA) is 40.9 Å². The summed E-state index contributed by atoms with van der Waals surface area (Å²) in [5.41, 5.74) is 17.0. The van der Waals surface area contributed by atoms with Gasteiger partial charge < -0.3 is 4.90 Å². The third-order valence-electron chi connectivity index (χ3n) is 16.6. The zero-order chi connectivity index (χ0) is 46.2. The minimum atomic E-state index is -0.124. The van der Waals surface area contributed by atoms with Gasteiger partial charge in [-0.3, -0.25) is 0 Å². The van der Waals surface area contributed by atoms with E-state index in [0.29, 0.717) is 17.8 Å². The van der Waals surface area contributed by atoms with Crippen molar-refractivity contribution in [3.63, 3.8) is 0 Å². The highest BCUT2D eigenvalue weighted by Crippen LogP contribution is 2.58.